The molecule has 0 saturated heterocycles. The molecule has 0 aliphatic heterocycles. The molecule has 3 aromatic rings. The summed E-state index contributed by atoms with van der Waals surface area (Å²) >= 11 is 7.13. The van der Waals surface area contributed by atoms with Gasteiger partial charge in [0.25, 0.3) is 5.69 Å². The van der Waals surface area contributed by atoms with Crippen LogP contribution in [0.4, 0.5) is 5.69 Å². The van der Waals surface area contributed by atoms with Gasteiger partial charge >= 0.3 is 0 Å². The Morgan fingerprint density at radius 3 is 2.32 bits per heavy atom. The van der Waals surface area contributed by atoms with E-state index in [0.717, 1.165) is 16.5 Å². The Morgan fingerprint density at radius 2 is 1.74 bits per heavy atom. The SMILES string of the molecule is Cc1ccc(Sc2ccc([N+](=O)[O-])cc2C=C(C#N)S(=O)(=O)c2ccc(Cl)cc2)cc1. The highest BCUT2D eigenvalue weighted by atomic mass is 35.5. The summed E-state index contributed by atoms with van der Waals surface area (Å²) in [7, 11) is -4.13. The Morgan fingerprint density at radius 1 is 1.10 bits per heavy atom. The first kappa shape index (κ1) is 22.6. The van der Waals surface area contributed by atoms with Crippen molar-refractivity contribution >= 4 is 45.0 Å². The zero-order valence-electron chi connectivity index (χ0n) is 16.2. The number of hydrogen-bond acceptors (Lipinski definition) is 6. The first-order valence-electron chi connectivity index (χ1n) is 8.86. The number of hydrogen-bond donors (Lipinski definition) is 0. The number of halogens is 1. The Bertz CT molecular complexity index is 1310. The minimum Gasteiger partial charge on any atom is -0.258 e. The molecular formula is C22H15ClN2O4S2. The molecule has 0 saturated carbocycles. The number of nitro benzene ring substituents is 1. The van der Waals surface area contributed by atoms with Gasteiger partial charge in [-0.3, -0.25) is 10.1 Å². The van der Waals surface area contributed by atoms with Crippen molar-refractivity contribution in [1.29, 1.82) is 5.26 Å². The first-order valence-corrected chi connectivity index (χ1v) is 11.5. The van der Waals surface area contributed by atoms with Gasteiger partial charge in [-0.15, -0.1) is 0 Å². The summed E-state index contributed by atoms with van der Waals surface area (Å²) < 4.78 is 25.9. The van der Waals surface area contributed by atoms with Crippen LogP contribution in [0.1, 0.15) is 11.1 Å². The van der Waals surface area contributed by atoms with Crippen molar-refractivity contribution < 1.29 is 13.3 Å². The Hall–Kier alpha value is -3.12. The van der Waals surface area contributed by atoms with Crippen LogP contribution in [0.25, 0.3) is 6.08 Å². The molecule has 31 heavy (non-hydrogen) atoms. The van der Waals surface area contributed by atoms with Gasteiger partial charge in [-0.25, -0.2) is 8.42 Å². The molecule has 0 aliphatic carbocycles. The molecule has 0 unspecified atom stereocenters. The highest BCUT2D eigenvalue weighted by molar-refractivity contribution is 7.99. The maximum Gasteiger partial charge on any atom is 0.270 e. The van der Waals surface area contributed by atoms with E-state index in [2.05, 4.69) is 0 Å². The third-order valence-electron chi connectivity index (χ3n) is 4.26. The molecule has 3 rings (SSSR count). The monoisotopic (exact) mass is 470 g/mol. The molecule has 156 valence electrons. The molecule has 0 spiro atoms. The zero-order valence-corrected chi connectivity index (χ0v) is 18.5. The first-order chi connectivity index (χ1) is 14.7. The smallest absolute Gasteiger partial charge is 0.258 e. The summed E-state index contributed by atoms with van der Waals surface area (Å²) in [6.07, 6.45) is 1.16. The maximum atomic E-state index is 12.9. The van der Waals surface area contributed by atoms with E-state index in [1.807, 2.05) is 31.2 Å². The number of nitrogens with zero attached hydrogens (tertiary/aromatic N) is 2. The lowest BCUT2D eigenvalue weighted by atomic mass is 10.2. The second kappa shape index (κ2) is 9.35. The van der Waals surface area contributed by atoms with E-state index < -0.39 is 19.7 Å². The third kappa shape index (κ3) is 5.33. The van der Waals surface area contributed by atoms with Crippen molar-refractivity contribution in [1.82, 2.24) is 0 Å². The van der Waals surface area contributed by atoms with Gasteiger partial charge in [-0.1, -0.05) is 41.1 Å². The molecule has 0 bridgehead atoms. The van der Waals surface area contributed by atoms with E-state index in [1.165, 1.54) is 48.2 Å². The molecule has 6 nitrogen and oxygen atoms in total. The van der Waals surface area contributed by atoms with Crippen LogP contribution >= 0.6 is 23.4 Å². The fourth-order valence-electron chi connectivity index (χ4n) is 2.64. The number of sulfone groups is 1. The Kier molecular flexibility index (Phi) is 6.81. The fourth-order valence-corrected chi connectivity index (χ4v) is 4.81. The summed E-state index contributed by atoms with van der Waals surface area (Å²) in [5, 5.41) is 21.2. The quantitative estimate of drug-likeness (QED) is 0.247. The molecule has 0 aromatic heterocycles. The second-order valence-corrected chi connectivity index (χ2v) is 9.94. The van der Waals surface area contributed by atoms with Crippen LogP contribution in [0.2, 0.25) is 5.02 Å². The lowest BCUT2D eigenvalue weighted by molar-refractivity contribution is -0.384. The van der Waals surface area contributed by atoms with Gasteiger partial charge in [-0.05, 0) is 61.0 Å². The lowest BCUT2D eigenvalue weighted by Crippen LogP contribution is -2.03. The van der Waals surface area contributed by atoms with E-state index in [-0.39, 0.29) is 16.1 Å². The molecule has 9 heteroatoms. The van der Waals surface area contributed by atoms with Gasteiger partial charge in [0.2, 0.25) is 9.84 Å². The van der Waals surface area contributed by atoms with Crippen LogP contribution < -0.4 is 0 Å². The van der Waals surface area contributed by atoms with Gasteiger partial charge in [-0.2, -0.15) is 5.26 Å². The van der Waals surface area contributed by atoms with Crippen molar-refractivity contribution in [3.8, 4) is 6.07 Å². The van der Waals surface area contributed by atoms with Gasteiger partial charge in [0.1, 0.15) is 11.0 Å². The Labute approximate surface area is 188 Å². The van der Waals surface area contributed by atoms with Crippen molar-refractivity contribution in [3.05, 3.63) is 97.9 Å². The van der Waals surface area contributed by atoms with Crippen LogP contribution in [0, 0.1) is 28.4 Å². The minimum atomic E-state index is -4.13. The Balaban J connectivity index is 2.11. The number of benzene rings is 3. The normalized spacial score (nSPS) is 11.7. The molecular weight excluding hydrogens is 456 g/mol. The van der Waals surface area contributed by atoms with Crippen LogP contribution in [-0.2, 0) is 9.84 Å². The maximum absolute atomic E-state index is 12.9. The van der Waals surface area contributed by atoms with Crippen LogP contribution in [0.3, 0.4) is 0 Å². The van der Waals surface area contributed by atoms with Gasteiger partial charge < -0.3 is 0 Å². The second-order valence-electron chi connectivity index (χ2n) is 6.47. The molecule has 0 atom stereocenters. The average Bonchev–Trinajstić information content (AvgIpc) is 2.74. The van der Waals surface area contributed by atoms with Crippen molar-refractivity contribution in [2.75, 3.05) is 0 Å². The largest absolute Gasteiger partial charge is 0.270 e. The van der Waals surface area contributed by atoms with Crippen molar-refractivity contribution in [2.24, 2.45) is 0 Å². The number of rotatable bonds is 6. The third-order valence-corrected chi connectivity index (χ3v) is 7.30. The standard InChI is InChI=1S/C22H15ClN2O4S2/c1-15-2-7-19(8-3-15)30-22-11-6-18(25(26)27)12-16(22)13-21(14-24)31(28,29)20-9-4-17(23)5-10-20/h2-13H,1H3. The molecule has 0 aliphatic rings. The summed E-state index contributed by atoms with van der Waals surface area (Å²) in [5.74, 6) is 0. The summed E-state index contributed by atoms with van der Waals surface area (Å²) in [5.41, 5.74) is 1.13. The predicted molar refractivity (Wildman–Crippen MR) is 121 cm³/mol. The highest BCUT2D eigenvalue weighted by Gasteiger charge is 2.22. The van der Waals surface area contributed by atoms with E-state index >= 15 is 0 Å². The van der Waals surface area contributed by atoms with Crippen LogP contribution in [0.15, 0.2) is 86.3 Å². The van der Waals surface area contributed by atoms with E-state index in [1.54, 1.807) is 12.1 Å². The van der Waals surface area contributed by atoms with Crippen molar-refractivity contribution in [3.63, 3.8) is 0 Å². The van der Waals surface area contributed by atoms with E-state index in [4.69, 9.17) is 11.6 Å². The molecule has 0 N–H and O–H groups in total. The topological polar surface area (TPSA) is 101 Å². The number of nitro groups is 1. The summed E-state index contributed by atoms with van der Waals surface area (Å²) in [6.45, 7) is 1.95. The molecule has 0 amide bonds. The number of nitriles is 1. The van der Waals surface area contributed by atoms with Gasteiger partial charge in [0.15, 0.2) is 0 Å². The number of aryl methyl sites for hydroxylation is 1. The zero-order chi connectivity index (χ0) is 22.6. The van der Waals surface area contributed by atoms with Crippen LogP contribution in [-0.4, -0.2) is 13.3 Å². The highest BCUT2D eigenvalue weighted by Crippen LogP contribution is 2.35. The van der Waals surface area contributed by atoms with Gasteiger partial charge in [0.05, 0.1) is 9.82 Å². The molecule has 0 radical (unpaired) electrons. The average molecular weight is 471 g/mol. The van der Waals surface area contributed by atoms with E-state index in [0.29, 0.717) is 9.92 Å². The van der Waals surface area contributed by atoms with Gasteiger partial charge in [0, 0.05) is 26.9 Å². The minimum absolute atomic E-state index is 0.0946. The molecule has 3 aromatic carbocycles. The summed E-state index contributed by atoms with van der Waals surface area (Å²) in [4.78, 5) is 11.5. The lowest BCUT2D eigenvalue weighted by Gasteiger charge is -2.08. The van der Waals surface area contributed by atoms with Crippen molar-refractivity contribution in [2.45, 2.75) is 21.6 Å². The fraction of sp³-hybridized carbons (Fsp3) is 0.0455. The molecule has 0 fully saturated rings. The summed E-state index contributed by atoms with van der Waals surface area (Å²) in [6, 6.07) is 18.9. The number of non-ortho nitro benzene ring substituents is 1. The molecule has 0 heterocycles. The van der Waals surface area contributed by atoms with Crippen LogP contribution in [0.5, 0.6) is 0 Å². The number of allylic oxidation sites excluding steroid dienone is 1. The van der Waals surface area contributed by atoms with E-state index in [9.17, 15) is 23.8 Å². The predicted octanol–water partition coefficient (Wildman–Crippen LogP) is 6.05.